The van der Waals surface area contributed by atoms with Crippen LogP contribution in [0, 0.1) is 0 Å². The Morgan fingerprint density at radius 1 is 1.14 bits per heavy atom. The first-order valence-electron chi connectivity index (χ1n) is 8.20. The van der Waals surface area contributed by atoms with Crippen molar-refractivity contribution in [3.63, 3.8) is 0 Å². The average molecular weight is 288 g/mol. The Kier molecular flexibility index (Phi) is 5.80. The Bertz CT molecular complexity index is 482. The molecule has 2 N–H and O–H groups in total. The molecule has 0 spiro atoms. The van der Waals surface area contributed by atoms with E-state index in [1.165, 1.54) is 42.4 Å². The van der Waals surface area contributed by atoms with Crippen molar-refractivity contribution in [1.29, 1.82) is 0 Å². The highest BCUT2D eigenvalue weighted by molar-refractivity contribution is 5.76. The van der Waals surface area contributed by atoms with Crippen molar-refractivity contribution in [2.24, 2.45) is 0 Å². The summed E-state index contributed by atoms with van der Waals surface area (Å²) in [6, 6.07) is 7.21. The van der Waals surface area contributed by atoms with Crippen LogP contribution in [0.1, 0.15) is 62.8 Å². The Balaban J connectivity index is 1.88. The molecular weight excluding hydrogens is 260 g/mol. The highest BCUT2D eigenvalue weighted by atomic mass is 16.1. The molecule has 0 saturated heterocycles. The van der Waals surface area contributed by atoms with Gasteiger partial charge in [-0.2, -0.15) is 0 Å². The van der Waals surface area contributed by atoms with Crippen LogP contribution in [0.3, 0.4) is 0 Å². The monoisotopic (exact) mass is 288 g/mol. The number of hydrogen-bond donors (Lipinski definition) is 2. The van der Waals surface area contributed by atoms with Gasteiger partial charge in [-0.3, -0.25) is 4.79 Å². The van der Waals surface area contributed by atoms with Gasteiger partial charge < -0.3 is 10.6 Å². The van der Waals surface area contributed by atoms with Crippen molar-refractivity contribution in [2.75, 3.05) is 6.54 Å². The molecule has 1 atom stereocenters. The maximum absolute atomic E-state index is 11.9. The fourth-order valence-corrected chi connectivity index (χ4v) is 2.89. The predicted molar refractivity (Wildman–Crippen MR) is 87.4 cm³/mol. The molecule has 21 heavy (non-hydrogen) atoms. The van der Waals surface area contributed by atoms with Gasteiger partial charge >= 0.3 is 0 Å². The fourth-order valence-electron chi connectivity index (χ4n) is 2.89. The first-order valence-corrected chi connectivity index (χ1v) is 8.20. The first-order chi connectivity index (χ1) is 10.1. The number of benzene rings is 1. The minimum Gasteiger partial charge on any atom is -0.350 e. The molecule has 3 nitrogen and oxygen atoms in total. The van der Waals surface area contributed by atoms with Gasteiger partial charge in [0.2, 0.25) is 5.91 Å². The summed E-state index contributed by atoms with van der Waals surface area (Å²) in [6.45, 7) is 6.99. The van der Waals surface area contributed by atoms with Crippen LogP contribution in [-0.2, 0) is 17.6 Å². The second-order valence-corrected chi connectivity index (χ2v) is 6.38. The molecule has 1 unspecified atom stereocenters. The number of aryl methyl sites for hydroxylation is 2. The van der Waals surface area contributed by atoms with Crippen LogP contribution in [0.5, 0.6) is 0 Å². The summed E-state index contributed by atoms with van der Waals surface area (Å²) >= 11 is 0. The largest absolute Gasteiger partial charge is 0.350 e. The van der Waals surface area contributed by atoms with Crippen LogP contribution < -0.4 is 10.6 Å². The second-order valence-electron chi connectivity index (χ2n) is 6.38. The molecule has 1 aromatic rings. The van der Waals surface area contributed by atoms with E-state index in [4.69, 9.17) is 0 Å². The minimum atomic E-state index is 0.0868. The molecule has 1 aliphatic rings. The standard InChI is InChI=1S/C18H28N2O/c1-13(2)19-11-10-18(21)20-14(3)16-9-8-15-6-4-5-7-17(15)12-16/h8-9,12-14,19H,4-7,10-11H2,1-3H3,(H,20,21). The maximum atomic E-state index is 11.9. The molecule has 0 aliphatic heterocycles. The maximum Gasteiger partial charge on any atom is 0.221 e. The summed E-state index contributed by atoms with van der Waals surface area (Å²) in [5.41, 5.74) is 4.19. The Morgan fingerprint density at radius 3 is 2.57 bits per heavy atom. The predicted octanol–water partition coefficient (Wildman–Crippen LogP) is 3.13. The molecule has 3 heteroatoms. The summed E-state index contributed by atoms with van der Waals surface area (Å²) in [6.07, 6.45) is 5.52. The topological polar surface area (TPSA) is 41.1 Å². The highest BCUT2D eigenvalue weighted by Crippen LogP contribution is 2.24. The lowest BCUT2D eigenvalue weighted by molar-refractivity contribution is -0.121. The molecule has 0 heterocycles. The van der Waals surface area contributed by atoms with Crippen LogP contribution in [0.25, 0.3) is 0 Å². The quantitative estimate of drug-likeness (QED) is 0.844. The number of rotatable bonds is 6. The summed E-state index contributed by atoms with van der Waals surface area (Å²) in [4.78, 5) is 11.9. The number of nitrogens with one attached hydrogen (secondary N) is 2. The summed E-state index contributed by atoms with van der Waals surface area (Å²) in [5, 5.41) is 6.37. The zero-order valence-electron chi connectivity index (χ0n) is 13.5. The third kappa shape index (κ3) is 4.85. The van der Waals surface area contributed by atoms with E-state index < -0.39 is 0 Å². The lowest BCUT2D eigenvalue weighted by Gasteiger charge is -2.20. The lowest BCUT2D eigenvalue weighted by atomic mass is 9.89. The van der Waals surface area contributed by atoms with Gasteiger partial charge in [0, 0.05) is 19.0 Å². The van der Waals surface area contributed by atoms with E-state index in [9.17, 15) is 4.79 Å². The van der Waals surface area contributed by atoms with E-state index >= 15 is 0 Å². The molecule has 1 amide bonds. The lowest BCUT2D eigenvalue weighted by Crippen LogP contribution is -2.32. The average Bonchev–Trinajstić information content (AvgIpc) is 2.46. The summed E-state index contributed by atoms with van der Waals surface area (Å²) in [5.74, 6) is 0.119. The zero-order valence-corrected chi connectivity index (χ0v) is 13.5. The van der Waals surface area contributed by atoms with Gasteiger partial charge in [-0.15, -0.1) is 0 Å². The van der Waals surface area contributed by atoms with E-state index in [-0.39, 0.29) is 11.9 Å². The summed E-state index contributed by atoms with van der Waals surface area (Å²) < 4.78 is 0. The molecule has 0 aromatic heterocycles. The SMILES string of the molecule is CC(C)NCCC(=O)NC(C)c1ccc2c(c1)CCCC2. The van der Waals surface area contributed by atoms with Gasteiger partial charge in [0.25, 0.3) is 0 Å². The Hall–Kier alpha value is -1.35. The molecule has 2 rings (SSSR count). The van der Waals surface area contributed by atoms with Crippen molar-refractivity contribution in [2.45, 2.75) is 65.0 Å². The fraction of sp³-hybridized carbons (Fsp3) is 0.611. The molecule has 0 bridgehead atoms. The van der Waals surface area contributed by atoms with Gasteiger partial charge in [-0.1, -0.05) is 32.0 Å². The van der Waals surface area contributed by atoms with Gasteiger partial charge in [0.15, 0.2) is 0 Å². The van der Waals surface area contributed by atoms with Gasteiger partial charge in [0.05, 0.1) is 6.04 Å². The number of fused-ring (bicyclic) bond motifs is 1. The van der Waals surface area contributed by atoms with Gasteiger partial charge in [-0.05, 0) is 49.3 Å². The molecule has 0 fully saturated rings. The van der Waals surface area contributed by atoms with Crippen molar-refractivity contribution in [3.8, 4) is 0 Å². The van der Waals surface area contributed by atoms with E-state index in [2.05, 4.69) is 49.6 Å². The second kappa shape index (κ2) is 7.60. The number of carbonyl (C=O) groups is 1. The van der Waals surface area contributed by atoms with Crippen LogP contribution >= 0.6 is 0 Å². The van der Waals surface area contributed by atoms with Crippen LogP contribution in [0.15, 0.2) is 18.2 Å². The third-order valence-electron chi connectivity index (χ3n) is 4.15. The number of carbonyl (C=O) groups excluding carboxylic acids is 1. The molecule has 0 saturated carbocycles. The Morgan fingerprint density at radius 2 is 1.86 bits per heavy atom. The van der Waals surface area contributed by atoms with Crippen molar-refractivity contribution in [3.05, 3.63) is 34.9 Å². The molecule has 116 valence electrons. The number of hydrogen-bond acceptors (Lipinski definition) is 2. The van der Waals surface area contributed by atoms with Crippen molar-refractivity contribution in [1.82, 2.24) is 10.6 Å². The smallest absolute Gasteiger partial charge is 0.221 e. The molecular formula is C18H28N2O. The van der Waals surface area contributed by atoms with Crippen molar-refractivity contribution >= 4 is 5.91 Å². The molecule has 0 radical (unpaired) electrons. The number of amides is 1. The Labute approximate surface area is 128 Å². The van der Waals surface area contributed by atoms with E-state index in [1.54, 1.807) is 0 Å². The van der Waals surface area contributed by atoms with Crippen LogP contribution in [0.2, 0.25) is 0 Å². The summed E-state index contributed by atoms with van der Waals surface area (Å²) in [7, 11) is 0. The van der Waals surface area contributed by atoms with Gasteiger partial charge in [-0.25, -0.2) is 0 Å². The van der Waals surface area contributed by atoms with Crippen molar-refractivity contribution < 1.29 is 4.79 Å². The van der Waals surface area contributed by atoms with E-state index in [0.29, 0.717) is 12.5 Å². The third-order valence-corrected chi connectivity index (χ3v) is 4.15. The van der Waals surface area contributed by atoms with Gasteiger partial charge in [0.1, 0.15) is 0 Å². The van der Waals surface area contributed by atoms with E-state index in [0.717, 1.165) is 6.54 Å². The van der Waals surface area contributed by atoms with Crippen LogP contribution in [0.4, 0.5) is 0 Å². The molecule has 1 aromatic carbocycles. The molecule has 1 aliphatic carbocycles. The van der Waals surface area contributed by atoms with E-state index in [1.807, 2.05) is 0 Å². The minimum absolute atomic E-state index is 0.0868. The highest BCUT2D eigenvalue weighted by Gasteiger charge is 2.14. The normalized spacial score (nSPS) is 15.6. The van der Waals surface area contributed by atoms with Crippen LogP contribution in [-0.4, -0.2) is 18.5 Å². The first kappa shape index (κ1) is 16.0. The zero-order chi connectivity index (χ0) is 15.2.